The van der Waals surface area contributed by atoms with Crippen LogP contribution in [0.3, 0.4) is 0 Å². The molecule has 0 amide bonds. The lowest BCUT2D eigenvalue weighted by Crippen LogP contribution is -2.22. The molecular formula is C17H17N7O2S. The molecule has 10 heteroatoms. The smallest absolute Gasteiger partial charge is 0.297 e. The summed E-state index contributed by atoms with van der Waals surface area (Å²) in [6.45, 7) is 3.71. The SMILES string of the molecule is Cc1cc(CSc2nnnn2-c2c(C)n(C)n(-c3ccccc3)c2=O)no1. The van der Waals surface area contributed by atoms with Gasteiger partial charge in [0.05, 0.1) is 17.1 Å². The molecule has 1 aromatic carbocycles. The first-order valence-corrected chi connectivity index (χ1v) is 9.22. The van der Waals surface area contributed by atoms with Crippen LogP contribution in [-0.4, -0.2) is 34.7 Å². The Kier molecular flexibility index (Phi) is 4.40. The average molecular weight is 383 g/mol. The van der Waals surface area contributed by atoms with E-state index in [1.54, 1.807) is 9.36 Å². The van der Waals surface area contributed by atoms with Crippen LogP contribution in [0.25, 0.3) is 11.4 Å². The Morgan fingerprint density at radius 2 is 1.96 bits per heavy atom. The van der Waals surface area contributed by atoms with Crippen molar-refractivity contribution in [3.8, 4) is 11.4 Å². The van der Waals surface area contributed by atoms with Crippen LogP contribution in [0.15, 0.2) is 50.9 Å². The van der Waals surface area contributed by atoms with Crippen LogP contribution in [-0.2, 0) is 12.8 Å². The summed E-state index contributed by atoms with van der Waals surface area (Å²) >= 11 is 1.39. The quantitative estimate of drug-likeness (QED) is 0.487. The highest BCUT2D eigenvalue weighted by atomic mass is 32.2. The monoisotopic (exact) mass is 383 g/mol. The second-order valence-electron chi connectivity index (χ2n) is 6.00. The van der Waals surface area contributed by atoms with E-state index in [1.807, 2.05) is 57.3 Å². The van der Waals surface area contributed by atoms with Gasteiger partial charge in [-0.15, -0.1) is 5.10 Å². The number of hydrogen-bond donors (Lipinski definition) is 0. The van der Waals surface area contributed by atoms with Gasteiger partial charge in [-0.3, -0.25) is 9.48 Å². The minimum absolute atomic E-state index is 0.187. The van der Waals surface area contributed by atoms with Gasteiger partial charge >= 0.3 is 0 Å². The van der Waals surface area contributed by atoms with E-state index in [9.17, 15) is 4.79 Å². The van der Waals surface area contributed by atoms with Crippen molar-refractivity contribution in [2.45, 2.75) is 24.8 Å². The van der Waals surface area contributed by atoms with E-state index >= 15 is 0 Å². The first-order valence-electron chi connectivity index (χ1n) is 8.24. The van der Waals surface area contributed by atoms with Crippen LogP contribution in [0.5, 0.6) is 0 Å². The van der Waals surface area contributed by atoms with Crippen LogP contribution in [0.4, 0.5) is 0 Å². The third kappa shape index (κ3) is 3.08. The number of aromatic nitrogens is 7. The summed E-state index contributed by atoms with van der Waals surface area (Å²) in [6.07, 6.45) is 0. The summed E-state index contributed by atoms with van der Waals surface area (Å²) in [5.74, 6) is 1.28. The summed E-state index contributed by atoms with van der Waals surface area (Å²) in [6, 6.07) is 11.3. The van der Waals surface area contributed by atoms with Gasteiger partial charge in [0.15, 0.2) is 5.69 Å². The molecule has 9 nitrogen and oxygen atoms in total. The Morgan fingerprint density at radius 1 is 1.19 bits per heavy atom. The molecule has 4 aromatic rings. The van der Waals surface area contributed by atoms with Gasteiger partial charge < -0.3 is 4.52 Å². The van der Waals surface area contributed by atoms with E-state index in [0.717, 1.165) is 22.8 Å². The van der Waals surface area contributed by atoms with Crippen LogP contribution >= 0.6 is 11.8 Å². The molecule has 0 aliphatic heterocycles. The number of tetrazole rings is 1. The van der Waals surface area contributed by atoms with Gasteiger partial charge in [0, 0.05) is 18.9 Å². The van der Waals surface area contributed by atoms with E-state index in [0.29, 0.717) is 16.6 Å². The van der Waals surface area contributed by atoms with Crippen molar-refractivity contribution in [1.29, 1.82) is 0 Å². The third-order valence-electron chi connectivity index (χ3n) is 4.20. The Balaban J connectivity index is 1.73. The molecule has 0 aliphatic rings. The van der Waals surface area contributed by atoms with Crippen LogP contribution in [0.2, 0.25) is 0 Å². The van der Waals surface area contributed by atoms with Crippen LogP contribution in [0.1, 0.15) is 17.1 Å². The van der Waals surface area contributed by atoms with Gasteiger partial charge in [0.2, 0.25) is 5.16 Å². The molecule has 138 valence electrons. The van der Waals surface area contributed by atoms with E-state index in [2.05, 4.69) is 20.7 Å². The van der Waals surface area contributed by atoms with Crippen molar-refractivity contribution in [2.75, 3.05) is 0 Å². The van der Waals surface area contributed by atoms with Gasteiger partial charge in [0.25, 0.3) is 5.56 Å². The summed E-state index contributed by atoms with van der Waals surface area (Å²) in [4.78, 5) is 13.1. The number of aryl methyl sites for hydroxylation is 1. The fourth-order valence-corrected chi connectivity index (χ4v) is 3.59. The van der Waals surface area contributed by atoms with Gasteiger partial charge in [-0.1, -0.05) is 35.1 Å². The average Bonchev–Trinajstić information content (AvgIpc) is 3.34. The Bertz CT molecular complexity index is 1140. The molecule has 0 spiro atoms. The zero-order valence-electron chi connectivity index (χ0n) is 15.0. The highest BCUT2D eigenvalue weighted by molar-refractivity contribution is 7.98. The summed E-state index contributed by atoms with van der Waals surface area (Å²) in [7, 11) is 1.84. The Morgan fingerprint density at radius 3 is 2.67 bits per heavy atom. The fraction of sp³-hybridized carbons (Fsp3) is 0.235. The number of rotatable bonds is 5. The fourth-order valence-electron chi connectivity index (χ4n) is 2.83. The maximum atomic E-state index is 13.1. The molecule has 0 N–H and O–H groups in total. The first kappa shape index (κ1) is 17.3. The highest BCUT2D eigenvalue weighted by Crippen LogP contribution is 2.23. The number of benzene rings is 1. The lowest BCUT2D eigenvalue weighted by molar-refractivity contribution is 0.393. The lowest BCUT2D eigenvalue weighted by Gasteiger charge is -2.07. The molecule has 0 saturated heterocycles. The Labute approximate surface area is 158 Å². The molecule has 3 heterocycles. The number of nitrogens with zero attached hydrogens (tertiary/aromatic N) is 7. The van der Waals surface area contributed by atoms with E-state index in [-0.39, 0.29) is 5.56 Å². The maximum Gasteiger partial charge on any atom is 0.297 e. The second-order valence-corrected chi connectivity index (χ2v) is 6.94. The molecule has 0 bridgehead atoms. The van der Waals surface area contributed by atoms with Crippen molar-refractivity contribution >= 4 is 11.8 Å². The zero-order valence-corrected chi connectivity index (χ0v) is 15.8. The molecule has 0 aliphatic carbocycles. The molecular weight excluding hydrogens is 366 g/mol. The molecule has 27 heavy (non-hydrogen) atoms. The summed E-state index contributed by atoms with van der Waals surface area (Å²) in [5.41, 5.74) is 2.56. The molecule has 0 unspecified atom stereocenters. The van der Waals surface area contributed by atoms with Crippen molar-refractivity contribution in [1.82, 2.24) is 34.7 Å². The predicted octanol–water partition coefficient (Wildman–Crippen LogP) is 2.05. The van der Waals surface area contributed by atoms with Crippen molar-refractivity contribution in [3.05, 3.63) is 63.9 Å². The topological polar surface area (TPSA) is 96.6 Å². The number of thioether (sulfide) groups is 1. The Hall–Kier alpha value is -3.14. The molecule has 0 fully saturated rings. The second kappa shape index (κ2) is 6.88. The van der Waals surface area contributed by atoms with E-state index < -0.39 is 0 Å². The first-order chi connectivity index (χ1) is 13.1. The van der Waals surface area contributed by atoms with Crippen molar-refractivity contribution in [2.24, 2.45) is 7.05 Å². The normalized spacial score (nSPS) is 11.2. The zero-order chi connectivity index (χ0) is 19.0. The van der Waals surface area contributed by atoms with Gasteiger partial charge in [-0.25, -0.2) is 4.68 Å². The summed E-state index contributed by atoms with van der Waals surface area (Å²) < 4.78 is 9.95. The summed E-state index contributed by atoms with van der Waals surface area (Å²) in [5, 5.41) is 16.3. The largest absolute Gasteiger partial charge is 0.361 e. The lowest BCUT2D eigenvalue weighted by atomic mass is 10.3. The van der Waals surface area contributed by atoms with E-state index in [1.165, 1.54) is 16.4 Å². The number of hydrogen-bond acceptors (Lipinski definition) is 7. The van der Waals surface area contributed by atoms with Crippen molar-refractivity contribution in [3.63, 3.8) is 0 Å². The van der Waals surface area contributed by atoms with Gasteiger partial charge in [-0.05, 0) is 36.4 Å². The van der Waals surface area contributed by atoms with E-state index in [4.69, 9.17) is 4.52 Å². The molecule has 0 saturated carbocycles. The minimum atomic E-state index is -0.187. The minimum Gasteiger partial charge on any atom is -0.361 e. The third-order valence-corrected chi connectivity index (χ3v) is 5.16. The van der Waals surface area contributed by atoms with Crippen LogP contribution in [0, 0.1) is 13.8 Å². The molecule has 4 rings (SSSR count). The van der Waals surface area contributed by atoms with Crippen LogP contribution < -0.4 is 5.56 Å². The predicted molar refractivity (Wildman–Crippen MR) is 99.3 cm³/mol. The molecule has 3 aromatic heterocycles. The molecule has 0 atom stereocenters. The van der Waals surface area contributed by atoms with Gasteiger partial charge in [0.1, 0.15) is 5.76 Å². The highest BCUT2D eigenvalue weighted by Gasteiger charge is 2.22. The van der Waals surface area contributed by atoms with Gasteiger partial charge in [-0.2, -0.15) is 4.68 Å². The number of para-hydroxylation sites is 1. The maximum absolute atomic E-state index is 13.1. The molecule has 0 radical (unpaired) electrons. The standard InChI is InChI=1S/C17H17N7O2S/c1-11-9-13(19-26-11)10-27-17-18-20-21-23(17)15-12(2)22(3)24(16(15)25)14-7-5-4-6-8-14/h4-9H,10H2,1-3H3. The van der Waals surface area contributed by atoms with Crippen molar-refractivity contribution < 1.29 is 4.52 Å².